The van der Waals surface area contributed by atoms with Crippen LogP contribution in [0.3, 0.4) is 0 Å². The number of carbonyl (C=O) groups excluding carboxylic acids is 2. The van der Waals surface area contributed by atoms with E-state index in [0.29, 0.717) is 26.3 Å². The lowest BCUT2D eigenvalue weighted by Crippen LogP contribution is -2.28. The van der Waals surface area contributed by atoms with Crippen molar-refractivity contribution in [2.45, 2.75) is 13.3 Å². The molecule has 0 radical (unpaired) electrons. The van der Waals surface area contributed by atoms with Crippen LogP contribution in [-0.4, -0.2) is 62.0 Å². The lowest BCUT2D eigenvalue weighted by Gasteiger charge is -2.16. The molecule has 2 amide bonds. The monoisotopic (exact) mass is 242 g/mol. The Bertz CT molecular complexity index is 266. The van der Waals surface area contributed by atoms with E-state index in [1.807, 2.05) is 0 Å². The Hall–Kier alpha value is -1.36. The topological polar surface area (TPSA) is 49.9 Å². The maximum absolute atomic E-state index is 11.1. The lowest BCUT2D eigenvalue weighted by molar-refractivity contribution is -0.128. The predicted molar refractivity (Wildman–Crippen MR) is 66.6 cm³/mol. The van der Waals surface area contributed by atoms with Gasteiger partial charge in [0.2, 0.25) is 11.8 Å². The van der Waals surface area contributed by atoms with E-state index in [9.17, 15) is 9.59 Å². The molecule has 0 aliphatic rings. The van der Waals surface area contributed by atoms with Crippen molar-refractivity contribution in [3.63, 3.8) is 0 Å². The predicted octanol–water partition coefficient (Wildman–Crippen LogP) is 0.516. The van der Waals surface area contributed by atoms with Crippen molar-refractivity contribution in [3.05, 3.63) is 12.7 Å². The summed E-state index contributed by atoms with van der Waals surface area (Å²) in [5.41, 5.74) is 0. The van der Waals surface area contributed by atoms with Gasteiger partial charge in [-0.1, -0.05) is 6.58 Å². The van der Waals surface area contributed by atoms with Crippen molar-refractivity contribution in [2.24, 2.45) is 0 Å². The van der Waals surface area contributed by atoms with Crippen LogP contribution in [0, 0.1) is 0 Å². The Kier molecular flexibility index (Phi) is 8.05. The van der Waals surface area contributed by atoms with Crippen LogP contribution in [0.15, 0.2) is 12.7 Å². The zero-order valence-electron chi connectivity index (χ0n) is 10.9. The first-order valence-electron chi connectivity index (χ1n) is 5.66. The summed E-state index contributed by atoms with van der Waals surface area (Å²) in [5, 5.41) is 0. The van der Waals surface area contributed by atoms with Crippen LogP contribution in [0.2, 0.25) is 0 Å². The normalized spacial score (nSPS) is 9.82. The van der Waals surface area contributed by atoms with Crippen molar-refractivity contribution in [2.75, 3.05) is 40.4 Å². The Morgan fingerprint density at radius 1 is 1.18 bits per heavy atom. The minimum Gasteiger partial charge on any atom is -0.380 e. The van der Waals surface area contributed by atoms with E-state index in [0.717, 1.165) is 6.42 Å². The van der Waals surface area contributed by atoms with Crippen LogP contribution < -0.4 is 0 Å². The van der Waals surface area contributed by atoms with Gasteiger partial charge in [0, 0.05) is 40.7 Å². The highest BCUT2D eigenvalue weighted by Gasteiger charge is 2.03. The van der Waals surface area contributed by atoms with Gasteiger partial charge < -0.3 is 14.5 Å². The van der Waals surface area contributed by atoms with Gasteiger partial charge in [-0.15, -0.1) is 0 Å². The smallest absolute Gasteiger partial charge is 0.245 e. The van der Waals surface area contributed by atoms with E-state index >= 15 is 0 Å². The molecule has 0 aromatic rings. The van der Waals surface area contributed by atoms with Gasteiger partial charge in [-0.05, 0) is 12.5 Å². The van der Waals surface area contributed by atoms with Gasteiger partial charge in [0.05, 0.1) is 6.61 Å². The summed E-state index contributed by atoms with van der Waals surface area (Å²) < 4.78 is 5.36. The Morgan fingerprint density at radius 2 is 1.82 bits per heavy atom. The molecule has 0 aromatic carbocycles. The average Bonchev–Trinajstić information content (AvgIpc) is 2.31. The second-order valence-electron chi connectivity index (χ2n) is 3.87. The summed E-state index contributed by atoms with van der Waals surface area (Å²) in [6.45, 7) is 7.29. The van der Waals surface area contributed by atoms with Crippen molar-refractivity contribution in [1.82, 2.24) is 9.80 Å². The molecule has 0 bridgehead atoms. The summed E-state index contributed by atoms with van der Waals surface area (Å²) in [6, 6.07) is 0. The van der Waals surface area contributed by atoms with Crippen LogP contribution >= 0.6 is 0 Å². The standard InChI is InChI=1S/C12H22N2O3/c1-5-12(16)14(4)7-6-9-17-10-8-13(3)11(2)15/h5H,1,6-10H2,2-4H3. The molecular formula is C12H22N2O3. The molecule has 98 valence electrons. The average molecular weight is 242 g/mol. The lowest BCUT2D eigenvalue weighted by atomic mass is 10.4. The van der Waals surface area contributed by atoms with Crippen LogP contribution in [-0.2, 0) is 14.3 Å². The minimum absolute atomic E-state index is 0.0323. The molecular weight excluding hydrogens is 220 g/mol. The zero-order chi connectivity index (χ0) is 13.3. The third-order valence-electron chi connectivity index (χ3n) is 2.44. The maximum Gasteiger partial charge on any atom is 0.245 e. The molecule has 0 atom stereocenters. The summed E-state index contributed by atoms with van der Waals surface area (Å²) in [5.74, 6) is -0.0498. The highest BCUT2D eigenvalue weighted by atomic mass is 16.5. The molecule has 0 fully saturated rings. The number of carbonyl (C=O) groups is 2. The van der Waals surface area contributed by atoms with Crippen molar-refractivity contribution in [3.8, 4) is 0 Å². The third-order valence-corrected chi connectivity index (χ3v) is 2.44. The van der Waals surface area contributed by atoms with Crippen LogP contribution in [0.5, 0.6) is 0 Å². The molecule has 17 heavy (non-hydrogen) atoms. The van der Waals surface area contributed by atoms with E-state index in [4.69, 9.17) is 4.74 Å². The van der Waals surface area contributed by atoms with E-state index in [-0.39, 0.29) is 11.8 Å². The van der Waals surface area contributed by atoms with Crippen LogP contribution in [0.25, 0.3) is 0 Å². The van der Waals surface area contributed by atoms with Gasteiger partial charge in [-0.2, -0.15) is 0 Å². The fourth-order valence-electron chi connectivity index (χ4n) is 1.13. The van der Waals surface area contributed by atoms with E-state index in [2.05, 4.69) is 6.58 Å². The first-order chi connectivity index (χ1) is 7.99. The van der Waals surface area contributed by atoms with Gasteiger partial charge in [0.15, 0.2) is 0 Å². The maximum atomic E-state index is 11.1. The largest absolute Gasteiger partial charge is 0.380 e. The van der Waals surface area contributed by atoms with E-state index in [1.54, 1.807) is 23.9 Å². The molecule has 0 aliphatic carbocycles. The van der Waals surface area contributed by atoms with Gasteiger partial charge in [-0.25, -0.2) is 0 Å². The zero-order valence-corrected chi connectivity index (χ0v) is 10.9. The SMILES string of the molecule is C=CC(=O)N(C)CCCOCCN(C)C(C)=O. The summed E-state index contributed by atoms with van der Waals surface area (Å²) >= 11 is 0. The van der Waals surface area contributed by atoms with Crippen LogP contribution in [0.4, 0.5) is 0 Å². The summed E-state index contributed by atoms with van der Waals surface area (Å²) in [6.07, 6.45) is 2.07. The van der Waals surface area contributed by atoms with Crippen LogP contribution in [0.1, 0.15) is 13.3 Å². The molecule has 5 heteroatoms. The number of hydrogen-bond donors (Lipinski definition) is 0. The number of nitrogens with zero attached hydrogens (tertiary/aromatic N) is 2. The molecule has 0 rings (SSSR count). The van der Waals surface area contributed by atoms with E-state index < -0.39 is 0 Å². The second kappa shape index (κ2) is 8.75. The molecule has 5 nitrogen and oxygen atoms in total. The van der Waals surface area contributed by atoms with Gasteiger partial charge >= 0.3 is 0 Å². The Balaban J connectivity index is 3.44. The first-order valence-corrected chi connectivity index (χ1v) is 5.66. The number of hydrogen-bond acceptors (Lipinski definition) is 3. The molecule has 0 unspecified atom stereocenters. The number of rotatable bonds is 8. The Labute approximate surface area is 103 Å². The third kappa shape index (κ3) is 7.52. The Morgan fingerprint density at radius 3 is 2.35 bits per heavy atom. The molecule has 0 spiro atoms. The fraction of sp³-hybridized carbons (Fsp3) is 0.667. The molecule has 0 aromatic heterocycles. The quantitative estimate of drug-likeness (QED) is 0.460. The van der Waals surface area contributed by atoms with Crippen molar-refractivity contribution in [1.29, 1.82) is 0 Å². The molecule has 0 N–H and O–H groups in total. The minimum atomic E-state index is -0.0821. The second-order valence-corrected chi connectivity index (χ2v) is 3.87. The number of ether oxygens (including phenoxy) is 1. The van der Waals surface area contributed by atoms with Gasteiger partial charge in [0.1, 0.15) is 0 Å². The molecule has 0 heterocycles. The molecule has 0 aliphatic heterocycles. The van der Waals surface area contributed by atoms with Gasteiger partial charge in [-0.3, -0.25) is 9.59 Å². The molecule has 0 saturated carbocycles. The van der Waals surface area contributed by atoms with E-state index in [1.165, 1.54) is 13.0 Å². The summed E-state index contributed by atoms with van der Waals surface area (Å²) in [4.78, 5) is 25.2. The molecule has 0 saturated heterocycles. The number of likely N-dealkylation sites (N-methyl/N-ethyl adjacent to an activating group) is 2. The first kappa shape index (κ1) is 15.6. The van der Waals surface area contributed by atoms with Crippen molar-refractivity contribution >= 4 is 11.8 Å². The van der Waals surface area contributed by atoms with Crippen molar-refractivity contribution < 1.29 is 14.3 Å². The fourth-order valence-corrected chi connectivity index (χ4v) is 1.13. The highest BCUT2D eigenvalue weighted by Crippen LogP contribution is 1.91. The number of amides is 2. The summed E-state index contributed by atoms with van der Waals surface area (Å²) in [7, 11) is 3.47. The highest BCUT2D eigenvalue weighted by molar-refractivity contribution is 5.86. The van der Waals surface area contributed by atoms with Gasteiger partial charge in [0.25, 0.3) is 0 Å².